The summed E-state index contributed by atoms with van der Waals surface area (Å²) in [6.45, 7) is 3.70. The highest BCUT2D eigenvalue weighted by atomic mass is 16.5. The molecule has 4 rings (SSSR count). The number of aryl methyl sites for hydroxylation is 1. The summed E-state index contributed by atoms with van der Waals surface area (Å²) in [4.78, 5) is 14.7. The molecule has 1 aliphatic carbocycles. The third-order valence-corrected chi connectivity index (χ3v) is 5.65. The van der Waals surface area contributed by atoms with Crippen molar-refractivity contribution >= 4 is 11.7 Å². The average molecular weight is 330 g/mol. The standard InChI is InChI=1S/C18H26N4O2/c1-12-6-7-17(21-20-12)22-9-8-13-10-15(24-16(13)11-22)18(23)19-14-4-2-3-5-14/h6-7,13-16H,2-5,8-11H2,1H3,(H,19,23)/t13-,15+,16-/m1/s1. The maximum absolute atomic E-state index is 12.5. The minimum Gasteiger partial charge on any atom is -0.363 e. The van der Waals surface area contributed by atoms with E-state index in [0.717, 1.165) is 50.3 Å². The lowest BCUT2D eigenvalue weighted by molar-refractivity contribution is -0.132. The Labute approximate surface area is 143 Å². The largest absolute Gasteiger partial charge is 0.363 e. The minimum atomic E-state index is -0.273. The van der Waals surface area contributed by atoms with Gasteiger partial charge < -0.3 is 15.0 Å². The fourth-order valence-corrected chi connectivity index (χ4v) is 4.23. The van der Waals surface area contributed by atoms with Crippen LogP contribution in [0.5, 0.6) is 0 Å². The van der Waals surface area contributed by atoms with Gasteiger partial charge in [0, 0.05) is 19.1 Å². The molecule has 1 aromatic rings. The van der Waals surface area contributed by atoms with Gasteiger partial charge in [-0.25, -0.2) is 0 Å². The molecule has 1 aromatic heterocycles. The van der Waals surface area contributed by atoms with Crippen LogP contribution in [-0.2, 0) is 9.53 Å². The molecule has 0 spiro atoms. The van der Waals surface area contributed by atoms with E-state index in [9.17, 15) is 4.79 Å². The molecule has 0 aromatic carbocycles. The maximum Gasteiger partial charge on any atom is 0.249 e. The second kappa shape index (κ2) is 6.67. The topological polar surface area (TPSA) is 67.4 Å². The summed E-state index contributed by atoms with van der Waals surface area (Å²) in [5.74, 6) is 1.48. The molecule has 6 nitrogen and oxygen atoms in total. The van der Waals surface area contributed by atoms with E-state index >= 15 is 0 Å². The predicted molar refractivity (Wildman–Crippen MR) is 90.8 cm³/mol. The van der Waals surface area contributed by atoms with Gasteiger partial charge in [0.25, 0.3) is 0 Å². The van der Waals surface area contributed by atoms with E-state index < -0.39 is 0 Å². The molecule has 0 radical (unpaired) electrons. The lowest BCUT2D eigenvalue weighted by atomic mass is 9.91. The van der Waals surface area contributed by atoms with Crippen LogP contribution in [0.2, 0.25) is 0 Å². The first-order chi connectivity index (χ1) is 11.7. The number of ether oxygens (including phenoxy) is 1. The van der Waals surface area contributed by atoms with Crippen molar-refractivity contribution in [3.8, 4) is 0 Å². The van der Waals surface area contributed by atoms with Crippen LogP contribution in [0.25, 0.3) is 0 Å². The monoisotopic (exact) mass is 330 g/mol. The van der Waals surface area contributed by atoms with Gasteiger partial charge in [-0.2, -0.15) is 5.10 Å². The Morgan fingerprint density at radius 2 is 2.08 bits per heavy atom. The number of anilines is 1. The molecular formula is C18H26N4O2. The number of hydrogen-bond donors (Lipinski definition) is 1. The lowest BCUT2D eigenvalue weighted by Crippen LogP contribution is -2.43. The van der Waals surface area contributed by atoms with Gasteiger partial charge in [0.05, 0.1) is 11.8 Å². The predicted octanol–water partition coefficient (Wildman–Crippen LogP) is 1.83. The molecule has 0 bridgehead atoms. The summed E-state index contributed by atoms with van der Waals surface area (Å²) in [6.07, 6.45) is 6.45. The van der Waals surface area contributed by atoms with Crippen molar-refractivity contribution < 1.29 is 9.53 Å². The molecule has 3 fully saturated rings. The summed E-state index contributed by atoms with van der Waals surface area (Å²) >= 11 is 0. The Morgan fingerprint density at radius 3 is 2.83 bits per heavy atom. The Morgan fingerprint density at radius 1 is 1.25 bits per heavy atom. The number of piperidine rings is 1. The van der Waals surface area contributed by atoms with Crippen molar-refractivity contribution in [3.05, 3.63) is 17.8 Å². The maximum atomic E-state index is 12.5. The van der Waals surface area contributed by atoms with Gasteiger partial charge in [-0.15, -0.1) is 5.10 Å². The van der Waals surface area contributed by atoms with Gasteiger partial charge >= 0.3 is 0 Å². The molecule has 3 heterocycles. The summed E-state index contributed by atoms with van der Waals surface area (Å²) < 4.78 is 6.11. The fraction of sp³-hybridized carbons (Fsp3) is 0.722. The molecular weight excluding hydrogens is 304 g/mol. The number of nitrogens with one attached hydrogen (secondary N) is 1. The van der Waals surface area contributed by atoms with Gasteiger partial charge in [-0.05, 0) is 50.7 Å². The van der Waals surface area contributed by atoms with Crippen LogP contribution in [0.3, 0.4) is 0 Å². The Bertz CT molecular complexity index is 585. The quantitative estimate of drug-likeness (QED) is 0.916. The van der Waals surface area contributed by atoms with Crippen molar-refractivity contribution in [1.82, 2.24) is 15.5 Å². The number of nitrogens with zero attached hydrogens (tertiary/aromatic N) is 3. The molecule has 3 atom stereocenters. The molecule has 1 N–H and O–H groups in total. The van der Waals surface area contributed by atoms with Crippen LogP contribution < -0.4 is 10.2 Å². The molecule has 6 heteroatoms. The van der Waals surface area contributed by atoms with Crippen LogP contribution in [0, 0.1) is 12.8 Å². The van der Waals surface area contributed by atoms with E-state index in [1.165, 1.54) is 12.8 Å². The molecule has 2 aliphatic heterocycles. The van der Waals surface area contributed by atoms with Gasteiger partial charge in [-0.3, -0.25) is 4.79 Å². The zero-order valence-electron chi connectivity index (χ0n) is 14.3. The number of rotatable bonds is 3. The van der Waals surface area contributed by atoms with Crippen molar-refractivity contribution in [3.63, 3.8) is 0 Å². The molecule has 0 unspecified atom stereocenters. The minimum absolute atomic E-state index is 0.0953. The summed E-state index contributed by atoms with van der Waals surface area (Å²) in [7, 11) is 0. The first-order valence-electron chi connectivity index (χ1n) is 9.20. The molecule has 1 amide bonds. The van der Waals surface area contributed by atoms with Crippen LogP contribution >= 0.6 is 0 Å². The Hall–Kier alpha value is -1.69. The number of carbonyl (C=O) groups excluding carboxylic acids is 1. The highest BCUT2D eigenvalue weighted by Crippen LogP contribution is 2.34. The Kier molecular flexibility index (Phi) is 4.39. The van der Waals surface area contributed by atoms with E-state index in [2.05, 4.69) is 20.4 Å². The van der Waals surface area contributed by atoms with Crippen LogP contribution in [0.15, 0.2) is 12.1 Å². The highest BCUT2D eigenvalue weighted by Gasteiger charge is 2.42. The smallest absolute Gasteiger partial charge is 0.249 e. The second-order valence-electron chi connectivity index (χ2n) is 7.42. The van der Waals surface area contributed by atoms with Crippen LogP contribution in [0.4, 0.5) is 5.82 Å². The summed E-state index contributed by atoms with van der Waals surface area (Å²) in [5, 5.41) is 11.6. The molecule has 24 heavy (non-hydrogen) atoms. The first kappa shape index (κ1) is 15.8. The van der Waals surface area contributed by atoms with Crippen LogP contribution in [-0.4, -0.2) is 47.4 Å². The first-order valence-corrected chi connectivity index (χ1v) is 9.20. The van der Waals surface area contributed by atoms with Gasteiger partial charge in [0.2, 0.25) is 5.91 Å². The number of hydrogen-bond acceptors (Lipinski definition) is 5. The number of aromatic nitrogens is 2. The number of amides is 1. The van der Waals surface area contributed by atoms with E-state index in [0.29, 0.717) is 12.0 Å². The molecule has 130 valence electrons. The van der Waals surface area contributed by atoms with Crippen molar-refractivity contribution in [2.45, 2.75) is 63.7 Å². The zero-order valence-corrected chi connectivity index (χ0v) is 14.3. The van der Waals surface area contributed by atoms with E-state index in [-0.39, 0.29) is 18.1 Å². The second-order valence-corrected chi connectivity index (χ2v) is 7.42. The normalized spacial score (nSPS) is 30.4. The van der Waals surface area contributed by atoms with E-state index in [4.69, 9.17) is 4.74 Å². The van der Waals surface area contributed by atoms with Crippen molar-refractivity contribution in [1.29, 1.82) is 0 Å². The average Bonchev–Trinajstić information content (AvgIpc) is 3.24. The third-order valence-electron chi connectivity index (χ3n) is 5.65. The lowest BCUT2D eigenvalue weighted by Gasteiger charge is -2.34. The van der Waals surface area contributed by atoms with Crippen LogP contribution in [0.1, 0.15) is 44.2 Å². The summed E-state index contributed by atoms with van der Waals surface area (Å²) in [5.41, 5.74) is 0.925. The van der Waals surface area contributed by atoms with Gasteiger partial charge in [0.1, 0.15) is 6.10 Å². The fourth-order valence-electron chi connectivity index (χ4n) is 4.23. The molecule has 2 saturated heterocycles. The summed E-state index contributed by atoms with van der Waals surface area (Å²) in [6, 6.07) is 4.37. The number of fused-ring (bicyclic) bond motifs is 1. The van der Waals surface area contributed by atoms with Gasteiger partial charge in [0.15, 0.2) is 5.82 Å². The SMILES string of the molecule is Cc1ccc(N2CC[C@@H]3C[C@@H](C(=O)NC4CCCC4)O[C@@H]3C2)nn1. The molecule has 1 saturated carbocycles. The zero-order chi connectivity index (χ0) is 16.5. The highest BCUT2D eigenvalue weighted by molar-refractivity contribution is 5.81. The van der Waals surface area contributed by atoms with E-state index in [1.54, 1.807) is 0 Å². The molecule has 3 aliphatic rings. The third kappa shape index (κ3) is 3.24. The van der Waals surface area contributed by atoms with Crippen molar-refractivity contribution in [2.75, 3.05) is 18.0 Å². The Balaban J connectivity index is 1.35. The van der Waals surface area contributed by atoms with Gasteiger partial charge in [-0.1, -0.05) is 12.8 Å². The van der Waals surface area contributed by atoms with E-state index in [1.807, 2.05) is 19.1 Å². The number of carbonyl (C=O) groups is 1. The van der Waals surface area contributed by atoms with Crippen molar-refractivity contribution in [2.24, 2.45) is 5.92 Å².